The molecule has 0 spiro atoms. The maximum Gasteiger partial charge on any atom is 0.337 e. The topological polar surface area (TPSA) is 128 Å². The van der Waals surface area contributed by atoms with Gasteiger partial charge >= 0.3 is 5.97 Å². The average Bonchev–Trinajstić information content (AvgIpc) is 2.25. The Bertz CT molecular complexity index is 569. The number of nitrogens with one attached hydrogen (secondary N) is 1. The smallest absolute Gasteiger partial charge is 0.337 e. The molecule has 0 heterocycles. The molecule has 1 rings (SSSR count). The molecule has 8 nitrogen and oxygen atoms in total. The molecule has 0 atom stereocenters. The number of anilines is 1. The standard InChI is InChI=1S/C9H12N2O6S/c1-16-7-3-5(9(12)13)6(4-8(7)17-2)11-18(10,14)15/h3-4,11H,1-2H3,(H,12,13)(H2,10,14,15). The van der Waals surface area contributed by atoms with Gasteiger partial charge in [0, 0.05) is 12.1 Å². The SMILES string of the molecule is COc1cc(NS(N)(=O)=O)c(C(=O)O)cc1OC. The van der Waals surface area contributed by atoms with E-state index < -0.39 is 16.2 Å². The van der Waals surface area contributed by atoms with Gasteiger partial charge in [-0.05, 0) is 0 Å². The number of hydrogen-bond acceptors (Lipinski definition) is 5. The number of carboxylic acid groups (broad SMARTS) is 1. The first-order chi connectivity index (χ1) is 8.28. The average molecular weight is 276 g/mol. The van der Waals surface area contributed by atoms with Crippen LogP contribution in [0.1, 0.15) is 10.4 Å². The highest BCUT2D eigenvalue weighted by atomic mass is 32.2. The van der Waals surface area contributed by atoms with E-state index in [0.29, 0.717) is 0 Å². The summed E-state index contributed by atoms with van der Waals surface area (Å²) in [5, 5.41) is 13.8. The number of benzene rings is 1. The summed E-state index contributed by atoms with van der Waals surface area (Å²) in [7, 11) is -1.43. The van der Waals surface area contributed by atoms with Gasteiger partial charge in [0.05, 0.1) is 25.5 Å². The highest BCUT2D eigenvalue weighted by molar-refractivity contribution is 7.90. The first kappa shape index (κ1) is 14.1. The van der Waals surface area contributed by atoms with Crippen molar-refractivity contribution in [1.82, 2.24) is 0 Å². The van der Waals surface area contributed by atoms with Gasteiger partial charge in [-0.25, -0.2) is 9.93 Å². The van der Waals surface area contributed by atoms with Gasteiger partial charge in [-0.1, -0.05) is 0 Å². The van der Waals surface area contributed by atoms with Crippen molar-refractivity contribution >= 4 is 21.9 Å². The molecule has 0 aliphatic rings. The molecular formula is C9H12N2O6S. The van der Waals surface area contributed by atoms with Crippen LogP contribution in [0.4, 0.5) is 5.69 Å². The van der Waals surface area contributed by atoms with Crippen LogP contribution in [0.25, 0.3) is 0 Å². The van der Waals surface area contributed by atoms with E-state index in [1.807, 2.05) is 4.72 Å². The fourth-order valence-electron chi connectivity index (χ4n) is 1.29. The van der Waals surface area contributed by atoms with Crippen LogP contribution in [-0.2, 0) is 10.2 Å². The maximum atomic E-state index is 11.0. The van der Waals surface area contributed by atoms with Crippen molar-refractivity contribution < 1.29 is 27.8 Å². The van der Waals surface area contributed by atoms with Gasteiger partial charge in [-0.2, -0.15) is 8.42 Å². The highest BCUT2D eigenvalue weighted by Gasteiger charge is 2.18. The predicted octanol–water partition coefficient (Wildman–Crippen LogP) is 0.0174. The van der Waals surface area contributed by atoms with Crippen LogP contribution < -0.4 is 19.3 Å². The molecule has 1 aromatic carbocycles. The van der Waals surface area contributed by atoms with E-state index in [9.17, 15) is 13.2 Å². The number of rotatable bonds is 5. The van der Waals surface area contributed by atoms with Gasteiger partial charge in [-0.3, -0.25) is 4.72 Å². The van der Waals surface area contributed by atoms with Gasteiger partial charge < -0.3 is 14.6 Å². The summed E-state index contributed by atoms with van der Waals surface area (Å²) in [5.74, 6) is -0.995. The molecule has 0 bridgehead atoms. The summed E-state index contributed by atoms with van der Waals surface area (Å²) < 4.78 is 33.6. The van der Waals surface area contributed by atoms with E-state index in [2.05, 4.69) is 0 Å². The van der Waals surface area contributed by atoms with E-state index in [1.54, 1.807) is 0 Å². The third-order valence-electron chi connectivity index (χ3n) is 2.01. The predicted molar refractivity (Wildman–Crippen MR) is 63.2 cm³/mol. The van der Waals surface area contributed by atoms with E-state index in [4.69, 9.17) is 19.7 Å². The summed E-state index contributed by atoms with van der Waals surface area (Å²) in [4.78, 5) is 11.0. The van der Waals surface area contributed by atoms with Crippen LogP contribution in [0.3, 0.4) is 0 Å². The molecule has 0 saturated heterocycles. The van der Waals surface area contributed by atoms with Crippen LogP contribution in [0.2, 0.25) is 0 Å². The molecule has 4 N–H and O–H groups in total. The van der Waals surface area contributed by atoms with Gasteiger partial charge in [0.25, 0.3) is 10.2 Å². The fraction of sp³-hybridized carbons (Fsp3) is 0.222. The second-order valence-corrected chi connectivity index (χ2v) is 4.50. The van der Waals surface area contributed by atoms with Crippen molar-refractivity contribution in [3.8, 4) is 11.5 Å². The number of nitrogens with two attached hydrogens (primary N) is 1. The number of hydrogen-bond donors (Lipinski definition) is 3. The monoisotopic (exact) mass is 276 g/mol. The second-order valence-electron chi connectivity index (χ2n) is 3.20. The van der Waals surface area contributed by atoms with Crippen molar-refractivity contribution in [2.75, 3.05) is 18.9 Å². The third kappa shape index (κ3) is 3.25. The Hall–Kier alpha value is -2.00. The summed E-state index contributed by atoms with van der Waals surface area (Å²) >= 11 is 0. The van der Waals surface area contributed by atoms with Crippen molar-refractivity contribution in [1.29, 1.82) is 0 Å². The molecule has 1 aromatic rings. The molecule has 0 aliphatic carbocycles. The lowest BCUT2D eigenvalue weighted by atomic mass is 10.1. The first-order valence-electron chi connectivity index (χ1n) is 4.58. The third-order valence-corrected chi connectivity index (χ3v) is 2.51. The van der Waals surface area contributed by atoms with Gasteiger partial charge in [0.15, 0.2) is 11.5 Å². The molecular weight excluding hydrogens is 264 g/mol. The van der Waals surface area contributed by atoms with Gasteiger partial charge in [0.1, 0.15) is 0 Å². The van der Waals surface area contributed by atoms with Crippen molar-refractivity contribution in [3.05, 3.63) is 17.7 Å². The van der Waals surface area contributed by atoms with Crippen LogP contribution >= 0.6 is 0 Å². The van der Waals surface area contributed by atoms with Crippen LogP contribution in [0, 0.1) is 0 Å². The minimum Gasteiger partial charge on any atom is -0.493 e. The van der Waals surface area contributed by atoms with Gasteiger partial charge in [0.2, 0.25) is 0 Å². The zero-order valence-corrected chi connectivity index (χ0v) is 10.4. The fourth-order valence-corrected chi connectivity index (χ4v) is 1.77. The zero-order valence-electron chi connectivity index (χ0n) is 9.63. The molecule has 0 saturated carbocycles. The summed E-state index contributed by atoms with van der Waals surface area (Å²) in [6.45, 7) is 0. The van der Waals surface area contributed by atoms with Crippen molar-refractivity contribution in [2.45, 2.75) is 0 Å². The zero-order chi connectivity index (χ0) is 13.9. The number of methoxy groups -OCH3 is 2. The Labute approximate surface area is 103 Å². The molecule has 18 heavy (non-hydrogen) atoms. The van der Waals surface area contributed by atoms with E-state index >= 15 is 0 Å². The lowest BCUT2D eigenvalue weighted by Gasteiger charge is -2.13. The molecule has 0 radical (unpaired) electrons. The number of carbonyl (C=O) groups is 1. The molecule has 9 heteroatoms. The summed E-state index contributed by atoms with van der Waals surface area (Å²) in [6.07, 6.45) is 0. The largest absolute Gasteiger partial charge is 0.493 e. The minimum atomic E-state index is -4.09. The van der Waals surface area contributed by atoms with E-state index in [-0.39, 0.29) is 22.7 Å². The molecule has 0 fully saturated rings. The van der Waals surface area contributed by atoms with Crippen molar-refractivity contribution in [3.63, 3.8) is 0 Å². The lowest BCUT2D eigenvalue weighted by molar-refractivity contribution is 0.0697. The molecule has 0 aromatic heterocycles. The Kier molecular flexibility index (Phi) is 3.99. The van der Waals surface area contributed by atoms with E-state index in [0.717, 1.165) is 6.07 Å². The van der Waals surface area contributed by atoms with Crippen LogP contribution in [0.15, 0.2) is 12.1 Å². The number of aromatic carboxylic acids is 1. The second kappa shape index (κ2) is 5.10. The highest BCUT2D eigenvalue weighted by Crippen LogP contribution is 2.33. The Morgan fingerprint density at radius 1 is 1.28 bits per heavy atom. The normalized spacial score (nSPS) is 10.8. The lowest BCUT2D eigenvalue weighted by Crippen LogP contribution is -2.23. The first-order valence-corrected chi connectivity index (χ1v) is 6.13. The Morgan fingerprint density at radius 2 is 1.78 bits per heavy atom. The number of ether oxygens (including phenoxy) is 2. The summed E-state index contributed by atoms with van der Waals surface area (Å²) in [5.41, 5.74) is -0.510. The number of carboxylic acids is 1. The molecule has 0 aliphatic heterocycles. The van der Waals surface area contributed by atoms with Crippen molar-refractivity contribution in [2.24, 2.45) is 5.14 Å². The molecule has 0 unspecified atom stereocenters. The van der Waals surface area contributed by atoms with Gasteiger partial charge in [-0.15, -0.1) is 0 Å². The molecule has 0 amide bonds. The van der Waals surface area contributed by atoms with Crippen LogP contribution in [-0.4, -0.2) is 33.7 Å². The quantitative estimate of drug-likeness (QED) is 0.695. The molecule has 100 valence electrons. The summed E-state index contributed by atoms with van der Waals surface area (Å²) in [6, 6.07) is 2.31. The van der Waals surface area contributed by atoms with E-state index in [1.165, 1.54) is 20.3 Å². The Balaban J connectivity index is 3.42. The Morgan fingerprint density at radius 3 is 2.17 bits per heavy atom. The van der Waals surface area contributed by atoms with Crippen LogP contribution in [0.5, 0.6) is 11.5 Å². The maximum absolute atomic E-state index is 11.0. The minimum absolute atomic E-state index is 0.162.